The molecule has 6 heteroatoms. The van der Waals surface area contributed by atoms with Gasteiger partial charge in [-0.15, -0.1) is 0 Å². The summed E-state index contributed by atoms with van der Waals surface area (Å²) in [7, 11) is 0. The smallest absolute Gasteiger partial charge is 0.269 e. The lowest BCUT2D eigenvalue weighted by atomic mass is 10.1. The van der Waals surface area contributed by atoms with Crippen LogP contribution in [0.1, 0.15) is 18.4 Å². The van der Waals surface area contributed by atoms with E-state index in [-0.39, 0.29) is 23.3 Å². The molecule has 1 heterocycles. The predicted octanol–water partition coefficient (Wildman–Crippen LogP) is 1.88. The summed E-state index contributed by atoms with van der Waals surface area (Å²) in [5.74, 6) is 0. The molecule has 1 atom stereocenters. The minimum atomic E-state index is -0.375. The average Bonchev–Trinajstić information content (AvgIpc) is 2.45. The van der Waals surface area contributed by atoms with E-state index >= 15 is 0 Å². The minimum Gasteiger partial charge on any atom is -0.394 e. The molecule has 1 unspecified atom stereocenters. The van der Waals surface area contributed by atoms with Gasteiger partial charge >= 0.3 is 0 Å². The number of benzene rings is 1. The van der Waals surface area contributed by atoms with Gasteiger partial charge in [-0.1, -0.05) is 0 Å². The fourth-order valence-corrected chi connectivity index (χ4v) is 2.62. The fraction of sp³-hybridized carbons (Fsp3) is 0.571. The van der Waals surface area contributed by atoms with Crippen molar-refractivity contribution in [2.24, 2.45) is 0 Å². The molecule has 20 heavy (non-hydrogen) atoms. The van der Waals surface area contributed by atoms with E-state index in [4.69, 9.17) is 9.84 Å². The van der Waals surface area contributed by atoms with Crippen molar-refractivity contribution in [2.75, 3.05) is 31.2 Å². The lowest BCUT2D eigenvalue weighted by Crippen LogP contribution is -2.40. The highest BCUT2D eigenvalue weighted by Crippen LogP contribution is 2.27. The number of nitro groups is 1. The van der Waals surface area contributed by atoms with Gasteiger partial charge in [-0.05, 0) is 31.4 Å². The Morgan fingerprint density at radius 2 is 2.35 bits per heavy atom. The quantitative estimate of drug-likeness (QED) is 0.658. The lowest BCUT2D eigenvalue weighted by Gasteiger charge is -2.35. The fourth-order valence-electron chi connectivity index (χ4n) is 2.62. The Morgan fingerprint density at radius 1 is 1.55 bits per heavy atom. The zero-order chi connectivity index (χ0) is 14.5. The summed E-state index contributed by atoms with van der Waals surface area (Å²) in [5.41, 5.74) is 2.05. The molecule has 1 aliphatic rings. The van der Waals surface area contributed by atoms with Gasteiger partial charge in [-0.25, -0.2) is 0 Å². The van der Waals surface area contributed by atoms with Gasteiger partial charge in [0, 0.05) is 30.9 Å². The van der Waals surface area contributed by atoms with Crippen LogP contribution in [0.25, 0.3) is 0 Å². The SMILES string of the molecule is Cc1cc([N+](=O)[O-])ccc1N1CCCC(OCCO)C1. The molecule has 0 radical (unpaired) electrons. The van der Waals surface area contributed by atoms with Gasteiger partial charge in [-0.2, -0.15) is 0 Å². The first-order valence-electron chi connectivity index (χ1n) is 6.84. The summed E-state index contributed by atoms with van der Waals surface area (Å²) in [6, 6.07) is 4.95. The van der Waals surface area contributed by atoms with Crippen molar-refractivity contribution in [1.82, 2.24) is 0 Å². The number of hydrogen-bond donors (Lipinski definition) is 1. The second-order valence-corrected chi connectivity index (χ2v) is 5.03. The van der Waals surface area contributed by atoms with Crippen LogP contribution in [0.15, 0.2) is 18.2 Å². The molecule has 1 saturated heterocycles. The average molecular weight is 280 g/mol. The van der Waals surface area contributed by atoms with Crippen molar-refractivity contribution >= 4 is 11.4 Å². The van der Waals surface area contributed by atoms with E-state index in [2.05, 4.69) is 4.90 Å². The molecule has 0 aromatic heterocycles. The third kappa shape index (κ3) is 3.46. The third-order valence-corrected chi connectivity index (χ3v) is 3.55. The molecule has 1 fully saturated rings. The Balaban J connectivity index is 2.08. The highest BCUT2D eigenvalue weighted by molar-refractivity contribution is 5.57. The summed E-state index contributed by atoms with van der Waals surface area (Å²) in [6.45, 7) is 3.97. The topological polar surface area (TPSA) is 75.8 Å². The van der Waals surface area contributed by atoms with Crippen LogP contribution in [0.4, 0.5) is 11.4 Å². The van der Waals surface area contributed by atoms with E-state index in [1.165, 1.54) is 0 Å². The van der Waals surface area contributed by atoms with Gasteiger partial charge in [-0.3, -0.25) is 10.1 Å². The van der Waals surface area contributed by atoms with Crippen molar-refractivity contribution in [3.05, 3.63) is 33.9 Å². The van der Waals surface area contributed by atoms with Crippen LogP contribution in [-0.4, -0.2) is 42.4 Å². The molecule has 0 saturated carbocycles. The van der Waals surface area contributed by atoms with Crippen LogP contribution in [0.3, 0.4) is 0 Å². The van der Waals surface area contributed by atoms with E-state index in [9.17, 15) is 10.1 Å². The molecule has 2 rings (SSSR count). The highest BCUT2D eigenvalue weighted by atomic mass is 16.6. The number of nitro benzene ring substituents is 1. The number of aliphatic hydroxyl groups excluding tert-OH is 1. The molecule has 0 spiro atoms. The van der Waals surface area contributed by atoms with Crippen LogP contribution in [0, 0.1) is 17.0 Å². The van der Waals surface area contributed by atoms with Crippen LogP contribution >= 0.6 is 0 Å². The van der Waals surface area contributed by atoms with Crippen molar-refractivity contribution in [1.29, 1.82) is 0 Å². The first-order chi connectivity index (χ1) is 9.61. The van der Waals surface area contributed by atoms with Gasteiger partial charge in [0.05, 0.1) is 24.2 Å². The third-order valence-electron chi connectivity index (χ3n) is 3.55. The summed E-state index contributed by atoms with van der Waals surface area (Å²) in [5, 5.41) is 19.6. The van der Waals surface area contributed by atoms with E-state index in [0.717, 1.165) is 37.2 Å². The summed E-state index contributed by atoms with van der Waals surface area (Å²) in [6.07, 6.45) is 2.13. The molecule has 1 aromatic rings. The Labute approximate surface area is 118 Å². The highest BCUT2D eigenvalue weighted by Gasteiger charge is 2.22. The molecule has 0 aliphatic carbocycles. The van der Waals surface area contributed by atoms with Crippen molar-refractivity contribution in [2.45, 2.75) is 25.9 Å². The number of aryl methyl sites for hydroxylation is 1. The number of nitrogens with zero attached hydrogens (tertiary/aromatic N) is 2. The van der Waals surface area contributed by atoms with Crippen LogP contribution in [-0.2, 0) is 4.74 Å². The number of aliphatic hydroxyl groups is 1. The molecule has 110 valence electrons. The van der Waals surface area contributed by atoms with Gasteiger partial charge in [0.15, 0.2) is 0 Å². The second-order valence-electron chi connectivity index (χ2n) is 5.03. The van der Waals surface area contributed by atoms with Crippen molar-refractivity contribution in [3.63, 3.8) is 0 Å². The maximum absolute atomic E-state index is 10.8. The summed E-state index contributed by atoms with van der Waals surface area (Å²) < 4.78 is 5.59. The van der Waals surface area contributed by atoms with E-state index < -0.39 is 0 Å². The maximum atomic E-state index is 10.8. The minimum absolute atomic E-state index is 0.0348. The molecule has 1 N–H and O–H groups in total. The standard InChI is InChI=1S/C14H20N2O4/c1-11-9-12(16(18)19)4-5-14(11)15-6-2-3-13(10-15)20-8-7-17/h4-5,9,13,17H,2-3,6-8,10H2,1H3. The Morgan fingerprint density at radius 3 is 3.00 bits per heavy atom. The first kappa shape index (κ1) is 14.7. The predicted molar refractivity (Wildman–Crippen MR) is 76.1 cm³/mol. The Bertz CT molecular complexity index is 478. The lowest BCUT2D eigenvalue weighted by molar-refractivity contribution is -0.384. The second kappa shape index (κ2) is 6.67. The number of rotatable bonds is 5. The molecule has 6 nitrogen and oxygen atoms in total. The van der Waals surface area contributed by atoms with Gasteiger partial charge in [0.2, 0.25) is 0 Å². The van der Waals surface area contributed by atoms with Gasteiger partial charge in [0.25, 0.3) is 5.69 Å². The number of hydrogen-bond acceptors (Lipinski definition) is 5. The van der Waals surface area contributed by atoms with E-state index in [1.807, 2.05) is 13.0 Å². The molecule has 0 bridgehead atoms. The van der Waals surface area contributed by atoms with Gasteiger partial charge in [0.1, 0.15) is 0 Å². The molecule has 1 aliphatic heterocycles. The van der Waals surface area contributed by atoms with Crippen LogP contribution < -0.4 is 4.90 Å². The summed E-state index contributed by atoms with van der Waals surface area (Å²) >= 11 is 0. The van der Waals surface area contributed by atoms with E-state index in [0.29, 0.717) is 6.61 Å². The monoisotopic (exact) mass is 280 g/mol. The van der Waals surface area contributed by atoms with Crippen LogP contribution in [0.5, 0.6) is 0 Å². The number of piperidine rings is 1. The van der Waals surface area contributed by atoms with Gasteiger partial charge < -0.3 is 14.7 Å². The Kier molecular flexibility index (Phi) is 4.92. The molecule has 1 aromatic carbocycles. The summed E-state index contributed by atoms with van der Waals surface area (Å²) in [4.78, 5) is 12.6. The largest absolute Gasteiger partial charge is 0.394 e. The zero-order valence-corrected chi connectivity index (χ0v) is 11.6. The molecule has 0 amide bonds. The van der Waals surface area contributed by atoms with Crippen molar-refractivity contribution < 1.29 is 14.8 Å². The first-order valence-corrected chi connectivity index (χ1v) is 6.84. The maximum Gasteiger partial charge on any atom is 0.269 e. The number of non-ortho nitro benzene ring substituents is 1. The zero-order valence-electron chi connectivity index (χ0n) is 11.6. The Hall–Kier alpha value is -1.66. The number of anilines is 1. The number of ether oxygens (including phenoxy) is 1. The van der Waals surface area contributed by atoms with Crippen molar-refractivity contribution in [3.8, 4) is 0 Å². The molecular weight excluding hydrogens is 260 g/mol. The van der Waals surface area contributed by atoms with Crippen LogP contribution in [0.2, 0.25) is 0 Å². The molecular formula is C14H20N2O4. The van der Waals surface area contributed by atoms with E-state index in [1.54, 1.807) is 12.1 Å². The normalized spacial score (nSPS) is 19.1.